The van der Waals surface area contributed by atoms with Gasteiger partial charge >= 0.3 is 5.92 Å². The molecule has 0 radical (unpaired) electrons. The lowest BCUT2D eigenvalue weighted by molar-refractivity contribution is -0.141. The number of rotatable bonds is 8. The first-order valence-electron chi connectivity index (χ1n) is 13.1. The van der Waals surface area contributed by atoms with Crippen LogP contribution in [0.3, 0.4) is 0 Å². The maximum absolute atomic E-state index is 15.3. The van der Waals surface area contributed by atoms with Crippen molar-refractivity contribution in [1.82, 2.24) is 0 Å². The zero-order chi connectivity index (χ0) is 33.6. The van der Waals surface area contributed by atoms with Gasteiger partial charge in [-0.25, -0.2) is 8.78 Å². The van der Waals surface area contributed by atoms with E-state index in [2.05, 4.69) is 10.6 Å². The van der Waals surface area contributed by atoms with Crippen LogP contribution in [0.4, 0.5) is 34.6 Å². The number of hydrogen-bond donors (Lipinski definition) is 3. The van der Waals surface area contributed by atoms with E-state index in [0.717, 1.165) is 18.2 Å². The van der Waals surface area contributed by atoms with Gasteiger partial charge in [0.25, 0.3) is 11.8 Å². The molecule has 2 atom stereocenters. The quantitative estimate of drug-likeness (QED) is 0.125. The molecule has 0 unspecified atom stereocenters. The number of carbonyl (C=O) groups excluding carboxylic acids is 3. The van der Waals surface area contributed by atoms with Crippen LogP contribution in [0.5, 0.6) is 0 Å². The van der Waals surface area contributed by atoms with Gasteiger partial charge in [-0.05, 0) is 48.0 Å². The molecule has 1 fully saturated rings. The number of benzene rings is 4. The molecule has 5 rings (SSSR count). The summed E-state index contributed by atoms with van der Waals surface area (Å²) < 4.78 is 57.6. The molecule has 1 aliphatic rings. The molecular formula is C31H18Cl5F4N3O3. The highest BCUT2D eigenvalue weighted by atomic mass is 35.5. The van der Waals surface area contributed by atoms with Crippen molar-refractivity contribution in [1.29, 1.82) is 0 Å². The summed E-state index contributed by atoms with van der Waals surface area (Å²) in [6.07, 6.45) is 0. The highest BCUT2D eigenvalue weighted by Gasteiger charge is 2.67. The minimum atomic E-state index is -4.13. The van der Waals surface area contributed by atoms with Crippen LogP contribution in [0.15, 0.2) is 78.9 Å². The van der Waals surface area contributed by atoms with Gasteiger partial charge in [-0.2, -0.15) is 8.78 Å². The Hall–Kier alpha value is -3.54. The van der Waals surface area contributed by atoms with Gasteiger partial charge in [0.2, 0.25) is 5.91 Å². The monoisotopic (exact) mass is 731 g/mol. The molecule has 15 heteroatoms. The van der Waals surface area contributed by atoms with Crippen LogP contribution in [0.2, 0.25) is 15.1 Å². The number of anilines is 3. The Morgan fingerprint density at radius 2 is 1.43 bits per heavy atom. The molecule has 4 aromatic rings. The van der Waals surface area contributed by atoms with E-state index < -0.39 is 68.4 Å². The molecule has 1 saturated carbocycles. The van der Waals surface area contributed by atoms with Crippen LogP contribution < -0.4 is 16.0 Å². The fourth-order valence-electron chi connectivity index (χ4n) is 4.69. The predicted octanol–water partition coefficient (Wildman–Crippen LogP) is 9.43. The second-order valence-corrected chi connectivity index (χ2v) is 12.8. The molecule has 1 aliphatic carbocycles. The molecule has 3 amide bonds. The molecule has 0 bridgehead atoms. The first-order chi connectivity index (χ1) is 21.6. The maximum atomic E-state index is 15.3. The molecule has 0 spiro atoms. The molecule has 6 nitrogen and oxygen atoms in total. The van der Waals surface area contributed by atoms with E-state index in [4.69, 9.17) is 58.0 Å². The lowest BCUT2D eigenvalue weighted by Crippen LogP contribution is -2.33. The van der Waals surface area contributed by atoms with Gasteiger partial charge in [-0.3, -0.25) is 14.4 Å². The number of carbonyl (C=O) groups is 3. The first-order valence-corrected chi connectivity index (χ1v) is 15.0. The van der Waals surface area contributed by atoms with E-state index in [1.165, 1.54) is 36.4 Å². The van der Waals surface area contributed by atoms with E-state index in [-0.39, 0.29) is 21.3 Å². The van der Waals surface area contributed by atoms with Gasteiger partial charge in [0.15, 0.2) is 5.82 Å². The largest absolute Gasteiger partial charge is 0.350 e. The van der Waals surface area contributed by atoms with Gasteiger partial charge in [0.1, 0.15) is 15.8 Å². The van der Waals surface area contributed by atoms with E-state index in [0.29, 0.717) is 16.7 Å². The summed E-state index contributed by atoms with van der Waals surface area (Å²) in [5.41, 5.74) is -2.14. The van der Waals surface area contributed by atoms with Crippen LogP contribution in [-0.4, -0.2) is 22.1 Å². The smallest absolute Gasteiger partial charge is 0.326 e. The van der Waals surface area contributed by atoms with Crippen molar-refractivity contribution in [2.24, 2.45) is 5.92 Å². The second-order valence-electron chi connectivity index (χ2n) is 10.1. The fourth-order valence-corrected chi connectivity index (χ4v) is 6.03. The molecule has 0 heterocycles. The molecular weight excluding hydrogens is 716 g/mol. The minimum Gasteiger partial charge on any atom is -0.326 e. The summed E-state index contributed by atoms with van der Waals surface area (Å²) in [5, 5.41) is 6.76. The summed E-state index contributed by atoms with van der Waals surface area (Å²) in [6.45, 7) is 0. The van der Waals surface area contributed by atoms with Crippen molar-refractivity contribution in [3.63, 3.8) is 0 Å². The molecule has 0 aromatic heterocycles. The zero-order valence-electron chi connectivity index (χ0n) is 22.8. The maximum Gasteiger partial charge on any atom is 0.350 e. The van der Waals surface area contributed by atoms with E-state index in [1.807, 2.05) is 0 Å². The van der Waals surface area contributed by atoms with Crippen molar-refractivity contribution in [2.45, 2.75) is 16.2 Å². The van der Waals surface area contributed by atoms with Crippen LogP contribution in [0.25, 0.3) is 0 Å². The lowest BCUT2D eigenvalue weighted by Gasteiger charge is -2.18. The van der Waals surface area contributed by atoms with E-state index in [9.17, 15) is 27.6 Å². The summed E-state index contributed by atoms with van der Waals surface area (Å²) >= 11 is 31.0. The van der Waals surface area contributed by atoms with Crippen molar-refractivity contribution in [3.05, 3.63) is 122 Å². The predicted molar refractivity (Wildman–Crippen MR) is 170 cm³/mol. The number of alkyl halides is 4. The molecule has 46 heavy (non-hydrogen) atoms. The second kappa shape index (κ2) is 12.9. The summed E-state index contributed by atoms with van der Waals surface area (Å²) in [7, 11) is 0. The number of halogens is 9. The summed E-state index contributed by atoms with van der Waals surface area (Å²) in [5.74, 6) is -12.2. The summed E-state index contributed by atoms with van der Waals surface area (Å²) in [4.78, 5) is 38.5. The van der Waals surface area contributed by atoms with Gasteiger partial charge in [0.05, 0.1) is 32.2 Å². The number of amides is 3. The van der Waals surface area contributed by atoms with Crippen LogP contribution in [-0.2, 0) is 15.5 Å². The zero-order valence-corrected chi connectivity index (χ0v) is 26.6. The Balaban J connectivity index is 1.32. The molecule has 4 aromatic carbocycles. The standard InChI is InChI=1S/C31H18Cl5F4N3O3/c32-18-9-7-16(41-28(45)24-23(30(24,35)36)14-6-8-19(33)20(34)12-14)13-17(18)27(44)42-22-11-10-21(37)26(25(22)38)43-29(46)31(39,40)15-4-2-1-3-5-15/h1-13,23-24H,(H,41,45)(H,42,44)(H,43,46)/t23-,24+/m0/s1. The summed E-state index contributed by atoms with van der Waals surface area (Å²) in [6, 6.07) is 16.0. The van der Waals surface area contributed by atoms with E-state index >= 15 is 4.39 Å². The third kappa shape index (κ3) is 6.63. The minimum absolute atomic E-state index is 0.0964. The Bertz CT molecular complexity index is 1880. The van der Waals surface area contributed by atoms with Gasteiger partial charge in [-0.1, -0.05) is 71.2 Å². The van der Waals surface area contributed by atoms with Crippen molar-refractivity contribution in [2.75, 3.05) is 16.0 Å². The van der Waals surface area contributed by atoms with Crippen molar-refractivity contribution >= 4 is 92.8 Å². The van der Waals surface area contributed by atoms with Gasteiger partial charge < -0.3 is 16.0 Å². The molecule has 0 aliphatic heterocycles. The Labute approximate surface area is 283 Å². The third-order valence-corrected chi connectivity index (χ3v) is 9.13. The third-order valence-electron chi connectivity index (χ3n) is 7.12. The lowest BCUT2D eigenvalue weighted by atomic mass is 10.1. The average molecular weight is 734 g/mol. The molecule has 238 valence electrons. The number of hydrogen-bond acceptors (Lipinski definition) is 3. The Kier molecular flexibility index (Phi) is 9.50. The topological polar surface area (TPSA) is 87.3 Å². The SMILES string of the molecule is O=C(Nc1ccc(F)c(NC(=O)C(F)(F)c2ccccc2)c1F)c1cc(NC(=O)[C@H]2[C@H](c3ccc(Cl)c(Cl)c3)C2(Cl)Cl)ccc1Cl. The van der Waals surface area contributed by atoms with Gasteiger partial charge in [0, 0.05) is 17.2 Å². The van der Waals surface area contributed by atoms with Crippen LogP contribution in [0.1, 0.15) is 27.4 Å². The van der Waals surface area contributed by atoms with Crippen LogP contribution in [0, 0.1) is 17.6 Å². The first kappa shape index (κ1) is 33.8. The Morgan fingerprint density at radius 1 is 0.761 bits per heavy atom. The molecule has 0 saturated heterocycles. The highest BCUT2D eigenvalue weighted by Crippen LogP contribution is 2.65. The van der Waals surface area contributed by atoms with Crippen molar-refractivity contribution in [3.8, 4) is 0 Å². The average Bonchev–Trinajstić information content (AvgIpc) is 3.60. The van der Waals surface area contributed by atoms with Gasteiger partial charge in [-0.15, -0.1) is 23.2 Å². The molecule has 3 N–H and O–H groups in total. The fraction of sp³-hybridized carbons (Fsp3) is 0.129. The Morgan fingerprint density at radius 3 is 2.11 bits per heavy atom. The normalized spacial score (nSPS) is 16.8. The highest BCUT2D eigenvalue weighted by molar-refractivity contribution is 6.53. The number of nitrogens with one attached hydrogen (secondary N) is 3. The van der Waals surface area contributed by atoms with Crippen LogP contribution >= 0.6 is 58.0 Å². The van der Waals surface area contributed by atoms with E-state index in [1.54, 1.807) is 23.5 Å². The van der Waals surface area contributed by atoms with Crippen molar-refractivity contribution < 1.29 is 31.9 Å².